The number of hydrogen-bond acceptors (Lipinski definition) is 4. The highest BCUT2D eigenvalue weighted by Crippen LogP contribution is 2.34. The van der Waals surface area contributed by atoms with Gasteiger partial charge in [-0.1, -0.05) is 6.92 Å². The monoisotopic (exact) mass is 291 g/mol. The predicted molar refractivity (Wildman–Crippen MR) is 79.7 cm³/mol. The second-order valence-corrected chi connectivity index (χ2v) is 4.45. The van der Waals surface area contributed by atoms with Gasteiger partial charge in [-0.05, 0) is 30.7 Å². The van der Waals surface area contributed by atoms with Crippen LogP contribution in [0.2, 0.25) is 0 Å². The maximum Gasteiger partial charge on any atom is 0.167 e. The van der Waals surface area contributed by atoms with Crippen LogP contribution in [0.4, 0.5) is 10.1 Å². The number of nitrogen functional groups attached to an aromatic ring is 1. The van der Waals surface area contributed by atoms with Crippen molar-refractivity contribution >= 4 is 5.69 Å². The van der Waals surface area contributed by atoms with Gasteiger partial charge in [0.25, 0.3) is 0 Å². The van der Waals surface area contributed by atoms with E-state index in [1.54, 1.807) is 31.4 Å². The Morgan fingerprint density at radius 1 is 1.05 bits per heavy atom. The Balaban J connectivity index is 2.21. The summed E-state index contributed by atoms with van der Waals surface area (Å²) in [7, 11) is 1.59. The van der Waals surface area contributed by atoms with Gasteiger partial charge < -0.3 is 19.9 Å². The third kappa shape index (κ3) is 3.78. The first-order chi connectivity index (χ1) is 10.1. The fourth-order valence-corrected chi connectivity index (χ4v) is 1.73. The van der Waals surface area contributed by atoms with Crippen LogP contribution in [-0.2, 0) is 0 Å². The van der Waals surface area contributed by atoms with Gasteiger partial charge in [0, 0.05) is 12.1 Å². The summed E-state index contributed by atoms with van der Waals surface area (Å²) in [4.78, 5) is 0. The summed E-state index contributed by atoms with van der Waals surface area (Å²) in [6, 6.07) is 9.68. The molecule has 0 radical (unpaired) electrons. The molecule has 0 saturated carbocycles. The van der Waals surface area contributed by atoms with Crippen molar-refractivity contribution in [2.45, 2.75) is 13.3 Å². The molecule has 0 fully saturated rings. The Labute approximate surface area is 123 Å². The molecule has 0 aliphatic heterocycles. The molecule has 0 unspecified atom stereocenters. The van der Waals surface area contributed by atoms with E-state index < -0.39 is 5.82 Å². The van der Waals surface area contributed by atoms with Crippen LogP contribution in [0.1, 0.15) is 13.3 Å². The molecule has 5 heteroatoms. The van der Waals surface area contributed by atoms with E-state index in [0.717, 1.165) is 12.2 Å². The number of ether oxygens (including phenoxy) is 3. The molecule has 0 spiro atoms. The van der Waals surface area contributed by atoms with E-state index in [1.165, 1.54) is 12.1 Å². The van der Waals surface area contributed by atoms with Crippen molar-refractivity contribution in [2.24, 2.45) is 0 Å². The third-order valence-corrected chi connectivity index (χ3v) is 2.81. The lowest BCUT2D eigenvalue weighted by Crippen LogP contribution is -2.00. The van der Waals surface area contributed by atoms with E-state index in [2.05, 4.69) is 0 Å². The first-order valence-electron chi connectivity index (χ1n) is 6.67. The van der Waals surface area contributed by atoms with Crippen molar-refractivity contribution in [1.29, 1.82) is 0 Å². The third-order valence-electron chi connectivity index (χ3n) is 2.81. The number of methoxy groups -OCH3 is 1. The number of rotatable bonds is 6. The Morgan fingerprint density at radius 2 is 1.71 bits per heavy atom. The molecule has 2 aromatic carbocycles. The number of hydrogen-bond donors (Lipinski definition) is 1. The van der Waals surface area contributed by atoms with E-state index >= 15 is 0 Å². The summed E-state index contributed by atoms with van der Waals surface area (Å²) in [5, 5.41) is 0. The minimum atomic E-state index is -0.497. The van der Waals surface area contributed by atoms with Crippen LogP contribution in [0.15, 0.2) is 36.4 Å². The molecule has 0 amide bonds. The van der Waals surface area contributed by atoms with Gasteiger partial charge in [0.15, 0.2) is 17.3 Å². The molecule has 0 heterocycles. The summed E-state index contributed by atoms with van der Waals surface area (Å²) in [6.45, 7) is 2.38. The second-order valence-electron chi connectivity index (χ2n) is 4.45. The molecule has 0 bridgehead atoms. The van der Waals surface area contributed by atoms with Gasteiger partial charge in [-0.25, -0.2) is 4.39 Å². The molecular weight excluding hydrogens is 273 g/mol. The molecule has 0 aliphatic carbocycles. The molecule has 0 aromatic heterocycles. The highest BCUT2D eigenvalue weighted by molar-refractivity contribution is 5.57. The molecule has 0 aliphatic rings. The highest BCUT2D eigenvalue weighted by Gasteiger charge is 2.11. The van der Waals surface area contributed by atoms with Gasteiger partial charge in [0.2, 0.25) is 0 Å². The van der Waals surface area contributed by atoms with E-state index in [9.17, 15) is 4.39 Å². The average Bonchev–Trinajstić information content (AvgIpc) is 2.49. The van der Waals surface area contributed by atoms with Crippen LogP contribution < -0.4 is 19.9 Å². The van der Waals surface area contributed by atoms with E-state index in [0.29, 0.717) is 18.1 Å². The number of anilines is 1. The maximum absolute atomic E-state index is 13.7. The normalized spacial score (nSPS) is 10.2. The molecule has 21 heavy (non-hydrogen) atoms. The SMILES string of the molecule is CCCOc1cc(Oc2ccc(OC)cc2)c(N)cc1F. The zero-order chi connectivity index (χ0) is 15.2. The molecule has 2 aromatic rings. The summed E-state index contributed by atoms with van der Waals surface area (Å²) in [5.41, 5.74) is 5.99. The van der Waals surface area contributed by atoms with Crippen molar-refractivity contribution in [2.75, 3.05) is 19.5 Å². The standard InChI is InChI=1S/C16H18FNO3/c1-3-8-20-15-10-16(14(18)9-13(15)17)21-12-6-4-11(19-2)5-7-12/h4-7,9-10H,3,8,18H2,1-2H3. The van der Waals surface area contributed by atoms with Gasteiger partial charge in [0.05, 0.1) is 19.4 Å². The Hall–Kier alpha value is -2.43. The first-order valence-corrected chi connectivity index (χ1v) is 6.67. The summed E-state index contributed by atoms with van der Waals surface area (Å²) < 4.78 is 29.8. The molecular formula is C16H18FNO3. The zero-order valence-corrected chi connectivity index (χ0v) is 12.1. The first kappa shape index (κ1) is 15.0. The van der Waals surface area contributed by atoms with Crippen LogP contribution in [-0.4, -0.2) is 13.7 Å². The van der Waals surface area contributed by atoms with Crippen molar-refractivity contribution in [3.8, 4) is 23.0 Å². The molecule has 0 saturated heterocycles. The van der Waals surface area contributed by atoms with Crippen molar-refractivity contribution in [3.63, 3.8) is 0 Å². The van der Waals surface area contributed by atoms with E-state index in [-0.39, 0.29) is 11.4 Å². The Bertz CT molecular complexity index is 599. The van der Waals surface area contributed by atoms with E-state index in [1.807, 2.05) is 6.92 Å². The number of nitrogens with two attached hydrogens (primary N) is 1. The van der Waals surface area contributed by atoms with Crippen molar-refractivity contribution in [1.82, 2.24) is 0 Å². The minimum Gasteiger partial charge on any atom is -0.497 e. The largest absolute Gasteiger partial charge is 0.497 e. The van der Waals surface area contributed by atoms with Crippen LogP contribution >= 0.6 is 0 Å². The topological polar surface area (TPSA) is 53.7 Å². The molecule has 0 atom stereocenters. The molecule has 2 rings (SSSR count). The summed E-state index contributed by atoms with van der Waals surface area (Å²) in [5.74, 6) is 1.29. The quantitative estimate of drug-likeness (QED) is 0.817. The van der Waals surface area contributed by atoms with Gasteiger partial charge in [-0.15, -0.1) is 0 Å². The summed E-state index contributed by atoms with van der Waals surface area (Å²) >= 11 is 0. The summed E-state index contributed by atoms with van der Waals surface area (Å²) in [6.07, 6.45) is 0.790. The van der Waals surface area contributed by atoms with Crippen LogP contribution in [0, 0.1) is 5.82 Å². The van der Waals surface area contributed by atoms with Crippen LogP contribution in [0.5, 0.6) is 23.0 Å². The fraction of sp³-hybridized carbons (Fsp3) is 0.250. The van der Waals surface area contributed by atoms with E-state index in [4.69, 9.17) is 19.9 Å². The van der Waals surface area contributed by atoms with Crippen molar-refractivity contribution in [3.05, 3.63) is 42.2 Å². The second kappa shape index (κ2) is 6.83. The average molecular weight is 291 g/mol. The minimum absolute atomic E-state index is 0.134. The number of halogens is 1. The Morgan fingerprint density at radius 3 is 2.33 bits per heavy atom. The molecule has 4 nitrogen and oxygen atoms in total. The molecule has 2 N–H and O–H groups in total. The van der Waals surface area contributed by atoms with Gasteiger partial charge >= 0.3 is 0 Å². The van der Waals surface area contributed by atoms with Gasteiger partial charge in [-0.2, -0.15) is 0 Å². The van der Waals surface area contributed by atoms with Crippen molar-refractivity contribution < 1.29 is 18.6 Å². The lowest BCUT2D eigenvalue weighted by atomic mass is 10.2. The van der Waals surface area contributed by atoms with Crippen LogP contribution in [0.3, 0.4) is 0 Å². The van der Waals surface area contributed by atoms with Crippen LogP contribution in [0.25, 0.3) is 0 Å². The fourth-order valence-electron chi connectivity index (χ4n) is 1.73. The smallest absolute Gasteiger partial charge is 0.167 e. The Kier molecular flexibility index (Phi) is 4.87. The number of benzene rings is 2. The lowest BCUT2D eigenvalue weighted by molar-refractivity contribution is 0.299. The molecule has 112 valence electrons. The predicted octanol–water partition coefficient (Wildman–Crippen LogP) is 4.00. The zero-order valence-electron chi connectivity index (χ0n) is 12.1. The highest BCUT2D eigenvalue weighted by atomic mass is 19.1. The van der Waals surface area contributed by atoms with Gasteiger partial charge in [-0.3, -0.25) is 0 Å². The maximum atomic E-state index is 13.7. The van der Waals surface area contributed by atoms with Gasteiger partial charge in [0.1, 0.15) is 11.5 Å². The lowest BCUT2D eigenvalue weighted by Gasteiger charge is -2.12.